The monoisotopic (exact) mass is 296 g/mol. The molecule has 0 saturated heterocycles. The zero-order chi connectivity index (χ0) is 14.7. The molecule has 1 atom stereocenters. The van der Waals surface area contributed by atoms with Crippen molar-refractivity contribution in [3.05, 3.63) is 69.7 Å². The van der Waals surface area contributed by atoms with Crippen LogP contribution in [0.1, 0.15) is 22.7 Å². The number of nitrogens with two attached hydrogens (primary N) is 1. The molecule has 0 aromatic heterocycles. The van der Waals surface area contributed by atoms with Gasteiger partial charge in [0.05, 0.1) is 6.04 Å². The van der Waals surface area contributed by atoms with Gasteiger partial charge in [-0.15, -0.1) is 0 Å². The Morgan fingerprint density at radius 3 is 2.55 bits per heavy atom. The number of benzene rings is 2. The molecule has 3 N–H and O–H groups in total. The predicted molar refractivity (Wildman–Crippen MR) is 76.3 cm³/mol. The van der Waals surface area contributed by atoms with Crippen LogP contribution >= 0.6 is 11.6 Å². The number of halogens is 3. The summed E-state index contributed by atoms with van der Waals surface area (Å²) in [4.78, 5) is 0. The highest BCUT2D eigenvalue weighted by atomic mass is 35.5. The summed E-state index contributed by atoms with van der Waals surface area (Å²) in [7, 11) is 0. The van der Waals surface area contributed by atoms with Gasteiger partial charge in [0.15, 0.2) is 0 Å². The van der Waals surface area contributed by atoms with Crippen LogP contribution < -0.4 is 11.3 Å². The average Bonchev–Trinajstić information content (AvgIpc) is 2.42. The number of hydrazine groups is 1. The maximum atomic E-state index is 13.9. The summed E-state index contributed by atoms with van der Waals surface area (Å²) in [5.41, 5.74) is 4.24. The Labute approximate surface area is 121 Å². The summed E-state index contributed by atoms with van der Waals surface area (Å²) in [5.74, 6) is 4.73. The summed E-state index contributed by atoms with van der Waals surface area (Å²) in [6.07, 6.45) is 0.212. The molecule has 0 aliphatic heterocycles. The summed E-state index contributed by atoms with van der Waals surface area (Å²) in [6.45, 7) is 1.86. The van der Waals surface area contributed by atoms with Crippen molar-refractivity contribution >= 4 is 11.6 Å². The Bertz CT molecular complexity index is 617. The fraction of sp³-hybridized carbons (Fsp3) is 0.200. The van der Waals surface area contributed by atoms with Gasteiger partial charge in [-0.05, 0) is 43.2 Å². The molecule has 2 aromatic carbocycles. The molecule has 0 heterocycles. The number of aryl methyl sites for hydroxylation is 1. The topological polar surface area (TPSA) is 38.0 Å². The van der Waals surface area contributed by atoms with Crippen molar-refractivity contribution in [2.45, 2.75) is 19.4 Å². The van der Waals surface area contributed by atoms with Crippen LogP contribution in [0.3, 0.4) is 0 Å². The summed E-state index contributed by atoms with van der Waals surface area (Å²) in [5, 5.41) is 0.432. The van der Waals surface area contributed by atoms with Crippen LogP contribution in [0.25, 0.3) is 0 Å². The molecular formula is C15H15ClF2N2. The molecule has 0 amide bonds. The Morgan fingerprint density at radius 2 is 1.85 bits per heavy atom. The zero-order valence-electron chi connectivity index (χ0n) is 11.0. The van der Waals surface area contributed by atoms with Gasteiger partial charge in [0.2, 0.25) is 0 Å². The second kappa shape index (κ2) is 6.31. The third-order valence-electron chi connectivity index (χ3n) is 3.16. The van der Waals surface area contributed by atoms with Gasteiger partial charge >= 0.3 is 0 Å². The van der Waals surface area contributed by atoms with Crippen molar-refractivity contribution < 1.29 is 8.78 Å². The average molecular weight is 297 g/mol. The molecule has 2 nitrogen and oxygen atoms in total. The van der Waals surface area contributed by atoms with Crippen LogP contribution in [-0.4, -0.2) is 0 Å². The molecule has 0 fully saturated rings. The normalized spacial score (nSPS) is 12.4. The molecule has 106 valence electrons. The van der Waals surface area contributed by atoms with E-state index in [9.17, 15) is 8.78 Å². The van der Waals surface area contributed by atoms with Gasteiger partial charge in [-0.1, -0.05) is 29.3 Å². The van der Waals surface area contributed by atoms with Crippen LogP contribution in [0.2, 0.25) is 5.02 Å². The highest BCUT2D eigenvalue weighted by Gasteiger charge is 2.17. The summed E-state index contributed by atoms with van der Waals surface area (Å²) >= 11 is 5.85. The minimum atomic E-state index is -0.525. The molecule has 0 spiro atoms. The van der Waals surface area contributed by atoms with Crippen LogP contribution in [0.4, 0.5) is 8.78 Å². The standard InChI is InChI=1S/C15H15ClF2N2/c1-9-2-4-14(18)12(6-9)15(20-19)8-10-7-11(16)3-5-13(10)17/h2-7,15,20H,8,19H2,1H3. The van der Waals surface area contributed by atoms with Crippen molar-refractivity contribution in [2.75, 3.05) is 0 Å². The lowest BCUT2D eigenvalue weighted by Crippen LogP contribution is -2.30. The lowest BCUT2D eigenvalue weighted by molar-refractivity contribution is 0.498. The number of nitrogens with one attached hydrogen (secondary N) is 1. The van der Waals surface area contributed by atoms with Crippen LogP contribution in [0, 0.1) is 18.6 Å². The molecule has 1 unspecified atom stereocenters. The molecule has 0 aliphatic carbocycles. The van der Waals surface area contributed by atoms with Gasteiger partial charge in [-0.2, -0.15) is 0 Å². The molecule has 0 radical (unpaired) electrons. The largest absolute Gasteiger partial charge is 0.271 e. The van der Waals surface area contributed by atoms with E-state index in [1.54, 1.807) is 12.1 Å². The number of rotatable bonds is 4. The van der Waals surface area contributed by atoms with Crippen LogP contribution in [0.5, 0.6) is 0 Å². The SMILES string of the molecule is Cc1ccc(F)c(C(Cc2cc(Cl)ccc2F)NN)c1. The first kappa shape index (κ1) is 14.9. The van der Waals surface area contributed by atoms with E-state index in [0.29, 0.717) is 16.1 Å². The minimum absolute atomic E-state index is 0.212. The Morgan fingerprint density at radius 1 is 1.15 bits per heavy atom. The quantitative estimate of drug-likeness (QED) is 0.667. The lowest BCUT2D eigenvalue weighted by atomic mass is 9.97. The van der Waals surface area contributed by atoms with Gasteiger partial charge < -0.3 is 0 Å². The van der Waals surface area contributed by atoms with E-state index in [-0.39, 0.29) is 18.1 Å². The van der Waals surface area contributed by atoms with Crippen LogP contribution in [-0.2, 0) is 6.42 Å². The van der Waals surface area contributed by atoms with E-state index in [2.05, 4.69) is 5.43 Å². The second-order valence-electron chi connectivity index (χ2n) is 4.68. The van der Waals surface area contributed by atoms with Crippen molar-refractivity contribution in [2.24, 2.45) is 5.84 Å². The van der Waals surface area contributed by atoms with Gasteiger partial charge in [-0.25, -0.2) is 8.78 Å². The minimum Gasteiger partial charge on any atom is -0.271 e. The third kappa shape index (κ3) is 3.33. The molecule has 0 aliphatic rings. The summed E-state index contributed by atoms with van der Waals surface area (Å²) in [6, 6.07) is 8.51. The van der Waals surface area contributed by atoms with E-state index in [1.165, 1.54) is 24.3 Å². The van der Waals surface area contributed by atoms with Crippen molar-refractivity contribution in [1.29, 1.82) is 0 Å². The fourth-order valence-electron chi connectivity index (χ4n) is 2.11. The maximum Gasteiger partial charge on any atom is 0.128 e. The van der Waals surface area contributed by atoms with Crippen molar-refractivity contribution in [1.82, 2.24) is 5.43 Å². The maximum absolute atomic E-state index is 13.9. The van der Waals surface area contributed by atoms with Crippen LogP contribution in [0.15, 0.2) is 36.4 Å². The van der Waals surface area contributed by atoms with Gasteiger partial charge in [0.25, 0.3) is 0 Å². The van der Waals surface area contributed by atoms with Gasteiger partial charge in [0.1, 0.15) is 11.6 Å². The van der Waals surface area contributed by atoms with E-state index >= 15 is 0 Å². The number of hydrogen-bond acceptors (Lipinski definition) is 2. The Balaban J connectivity index is 2.33. The molecule has 0 bridgehead atoms. The van der Waals surface area contributed by atoms with Crippen molar-refractivity contribution in [3.8, 4) is 0 Å². The zero-order valence-corrected chi connectivity index (χ0v) is 11.7. The molecule has 20 heavy (non-hydrogen) atoms. The molecule has 2 aromatic rings. The Kier molecular flexibility index (Phi) is 4.70. The van der Waals surface area contributed by atoms with Gasteiger partial charge in [-0.3, -0.25) is 11.3 Å². The molecule has 2 rings (SSSR count). The molecular weight excluding hydrogens is 282 g/mol. The van der Waals surface area contributed by atoms with E-state index < -0.39 is 6.04 Å². The van der Waals surface area contributed by atoms with Crippen molar-refractivity contribution in [3.63, 3.8) is 0 Å². The first-order valence-electron chi connectivity index (χ1n) is 6.17. The lowest BCUT2D eigenvalue weighted by Gasteiger charge is -2.18. The number of hydrogen-bond donors (Lipinski definition) is 2. The molecule has 0 saturated carbocycles. The molecule has 5 heteroatoms. The highest BCUT2D eigenvalue weighted by Crippen LogP contribution is 2.24. The van der Waals surface area contributed by atoms with E-state index in [0.717, 1.165) is 5.56 Å². The van der Waals surface area contributed by atoms with Gasteiger partial charge in [0, 0.05) is 10.6 Å². The van der Waals surface area contributed by atoms with E-state index in [1.807, 2.05) is 6.92 Å². The van der Waals surface area contributed by atoms with E-state index in [4.69, 9.17) is 17.4 Å². The smallest absolute Gasteiger partial charge is 0.128 e. The first-order chi connectivity index (χ1) is 9.51. The second-order valence-corrected chi connectivity index (χ2v) is 5.12. The predicted octanol–water partition coefficient (Wildman–Crippen LogP) is 3.67. The highest BCUT2D eigenvalue weighted by molar-refractivity contribution is 6.30. The fourth-order valence-corrected chi connectivity index (χ4v) is 2.30. The Hall–Kier alpha value is -1.49. The first-order valence-corrected chi connectivity index (χ1v) is 6.55. The third-order valence-corrected chi connectivity index (χ3v) is 3.39. The summed E-state index contributed by atoms with van der Waals surface area (Å²) < 4.78 is 27.6.